The van der Waals surface area contributed by atoms with Crippen LogP contribution in [0.15, 0.2) is 84.9 Å². The molecule has 146 valence electrons. The molecule has 3 aromatic rings. The summed E-state index contributed by atoms with van der Waals surface area (Å²) in [5.41, 5.74) is 6.71. The molecule has 1 unspecified atom stereocenters. The summed E-state index contributed by atoms with van der Waals surface area (Å²) < 4.78 is 5.17. The quantitative estimate of drug-likeness (QED) is 0.604. The number of carbonyl (C=O) groups is 1. The van der Waals surface area contributed by atoms with E-state index in [1.807, 2.05) is 60.7 Å². The fraction of sp³-hybridized carbons (Fsp3) is 0.0870. The fourth-order valence-corrected chi connectivity index (χ4v) is 3.30. The first kappa shape index (κ1) is 19.1. The average Bonchev–Trinajstić information content (AvgIpc) is 3.21. The minimum atomic E-state index is -0.276. The number of nitrogens with one attached hydrogen (secondary N) is 2. The zero-order chi connectivity index (χ0) is 20.2. The molecule has 0 saturated heterocycles. The van der Waals surface area contributed by atoms with Gasteiger partial charge in [0.05, 0.1) is 18.8 Å². The van der Waals surface area contributed by atoms with Gasteiger partial charge in [-0.2, -0.15) is 0 Å². The molecule has 6 heteroatoms. The molecule has 0 fully saturated rings. The van der Waals surface area contributed by atoms with E-state index in [-0.39, 0.29) is 12.1 Å². The summed E-state index contributed by atoms with van der Waals surface area (Å²) in [6.07, 6.45) is 2.03. The summed E-state index contributed by atoms with van der Waals surface area (Å²) >= 11 is 6.01. The van der Waals surface area contributed by atoms with Gasteiger partial charge >= 0.3 is 6.03 Å². The van der Waals surface area contributed by atoms with E-state index < -0.39 is 0 Å². The number of urea groups is 1. The fourth-order valence-electron chi connectivity index (χ4n) is 3.18. The average molecular weight is 406 g/mol. The minimum Gasteiger partial charge on any atom is -0.497 e. The maximum absolute atomic E-state index is 13.0. The zero-order valence-corrected chi connectivity index (χ0v) is 16.6. The molecule has 0 spiro atoms. The molecule has 1 aliphatic heterocycles. The van der Waals surface area contributed by atoms with Crippen LogP contribution in [-0.4, -0.2) is 18.1 Å². The summed E-state index contributed by atoms with van der Waals surface area (Å²) in [6.45, 7) is 0. The van der Waals surface area contributed by atoms with E-state index in [0.717, 1.165) is 22.6 Å². The SMILES string of the molecule is COc1ccc(NC(=O)N2NC(c3ccc(Cl)cc3)C=C2c2ccccc2)cc1. The third-order valence-electron chi connectivity index (χ3n) is 4.68. The Bertz CT molecular complexity index is 1020. The van der Waals surface area contributed by atoms with Crippen molar-refractivity contribution in [2.75, 3.05) is 12.4 Å². The van der Waals surface area contributed by atoms with Gasteiger partial charge in [0.15, 0.2) is 0 Å². The van der Waals surface area contributed by atoms with Gasteiger partial charge in [0.2, 0.25) is 0 Å². The number of halogens is 1. The Morgan fingerprint density at radius 1 is 1.00 bits per heavy atom. The number of carbonyl (C=O) groups excluding carboxylic acids is 1. The Morgan fingerprint density at radius 2 is 1.69 bits per heavy atom. The Kier molecular flexibility index (Phi) is 5.51. The summed E-state index contributed by atoms with van der Waals surface area (Å²) in [6, 6.07) is 24.2. The van der Waals surface area contributed by atoms with E-state index in [1.54, 1.807) is 36.4 Å². The highest BCUT2D eigenvalue weighted by atomic mass is 35.5. The molecule has 4 rings (SSSR count). The molecule has 29 heavy (non-hydrogen) atoms. The molecule has 0 saturated carbocycles. The first-order valence-electron chi connectivity index (χ1n) is 9.18. The van der Waals surface area contributed by atoms with Crippen LogP contribution in [0.4, 0.5) is 10.5 Å². The lowest BCUT2D eigenvalue weighted by molar-refractivity contribution is 0.216. The number of hydrogen-bond acceptors (Lipinski definition) is 3. The third-order valence-corrected chi connectivity index (χ3v) is 4.93. The number of hydrogen-bond donors (Lipinski definition) is 2. The number of ether oxygens (including phenoxy) is 1. The summed E-state index contributed by atoms with van der Waals surface area (Å²) in [4.78, 5) is 13.0. The van der Waals surface area contributed by atoms with Crippen LogP contribution in [0.1, 0.15) is 17.2 Å². The summed E-state index contributed by atoms with van der Waals surface area (Å²) in [7, 11) is 1.61. The lowest BCUT2D eigenvalue weighted by Crippen LogP contribution is -2.41. The van der Waals surface area contributed by atoms with Crippen LogP contribution < -0.4 is 15.5 Å². The minimum absolute atomic E-state index is 0.149. The van der Waals surface area contributed by atoms with Crippen LogP contribution >= 0.6 is 11.6 Å². The van der Waals surface area contributed by atoms with Gasteiger partial charge in [-0.3, -0.25) is 0 Å². The van der Waals surface area contributed by atoms with Gasteiger partial charge in [-0.15, -0.1) is 0 Å². The van der Waals surface area contributed by atoms with Crippen molar-refractivity contribution < 1.29 is 9.53 Å². The van der Waals surface area contributed by atoms with Gasteiger partial charge in [-0.05, 0) is 53.6 Å². The Balaban J connectivity index is 1.60. The molecular weight excluding hydrogens is 386 g/mol. The molecule has 5 nitrogen and oxygen atoms in total. The molecule has 2 N–H and O–H groups in total. The lowest BCUT2D eigenvalue weighted by atomic mass is 10.1. The number of rotatable bonds is 4. The molecule has 1 atom stereocenters. The molecule has 2 amide bonds. The van der Waals surface area contributed by atoms with Crippen molar-refractivity contribution in [1.29, 1.82) is 0 Å². The smallest absolute Gasteiger partial charge is 0.340 e. The number of hydrazine groups is 1. The maximum Gasteiger partial charge on any atom is 0.340 e. The van der Waals surface area contributed by atoms with Crippen molar-refractivity contribution in [3.05, 3.63) is 101 Å². The molecule has 0 aromatic heterocycles. The van der Waals surface area contributed by atoms with Gasteiger partial charge < -0.3 is 10.1 Å². The molecule has 3 aromatic carbocycles. The molecule has 0 bridgehead atoms. The monoisotopic (exact) mass is 405 g/mol. The van der Waals surface area contributed by atoms with Crippen molar-refractivity contribution >= 4 is 29.0 Å². The molecule has 0 radical (unpaired) electrons. The second-order valence-corrected chi connectivity index (χ2v) is 7.01. The molecular formula is C23H20ClN3O2. The second-order valence-electron chi connectivity index (χ2n) is 6.57. The summed E-state index contributed by atoms with van der Waals surface area (Å²) in [5, 5.41) is 5.14. The van der Waals surface area contributed by atoms with Crippen LogP contribution in [0.3, 0.4) is 0 Å². The van der Waals surface area contributed by atoms with Gasteiger partial charge in [0, 0.05) is 10.7 Å². The zero-order valence-electron chi connectivity index (χ0n) is 15.8. The third kappa shape index (κ3) is 4.26. The first-order chi connectivity index (χ1) is 14.1. The number of methoxy groups -OCH3 is 1. The van der Waals surface area contributed by atoms with Crippen LogP contribution in [0, 0.1) is 0 Å². The Labute approximate surface area is 174 Å². The normalized spacial score (nSPS) is 15.7. The highest BCUT2D eigenvalue weighted by Crippen LogP contribution is 2.31. The van der Waals surface area contributed by atoms with E-state index in [0.29, 0.717) is 10.7 Å². The summed E-state index contributed by atoms with van der Waals surface area (Å²) in [5.74, 6) is 0.731. The van der Waals surface area contributed by atoms with Crippen LogP contribution in [0.5, 0.6) is 5.75 Å². The van der Waals surface area contributed by atoms with Crippen molar-refractivity contribution in [1.82, 2.24) is 10.4 Å². The van der Waals surface area contributed by atoms with Gasteiger partial charge in [-0.1, -0.05) is 54.1 Å². The number of amides is 2. The van der Waals surface area contributed by atoms with E-state index in [9.17, 15) is 4.79 Å². The van der Waals surface area contributed by atoms with E-state index >= 15 is 0 Å². The van der Waals surface area contributed by atoms with Crippen molar-refractivity contribution in [2.24, 2.45) is 0 Å². The highest BCUT2D eigenvalue weighted by molar-refractivity contribution is 6.30. The van der Waals surface area contributed by atoms with Gasteiger partial charge in [0.25, 0.3) is 0 Å². The predicted molar refractivity (Wildman–Crippen MR) is 116 cm³/mol. The Hall–Kier alpha value is -3.28. The number of anilines is 1. The van der Waals surface area contributed by atoms with Crippen LogP contribution in [0.25, 0.3) is 5.70 Å². The van der Waals surface area contributed by atoms with E-state index in [4.69, 9.17) is 16.3 Å². The van der Waals surface area contributed by atoms with Gasteiger partial charge in [-0.25, -0.2) is 15.2 Å². The molecule has 1 heterocycles. The predicted octanol–water partition coefficient (Wildman–Crippen LogP) is 5.48. The Morgan fingerprint density at radius 3 is 2.34 bits per heavy atom. The molecule has 0 aliphatic carbocycles. The highest BCUT2D eigenvalue weighted by Gasteiger charge is 2.29. The number of nitrogens with zero attached hydrogens (tertiary/aromatic N) is 1. The second kappa shape index (κ2) is 8.39. The largest absolute Gasteiger partial charge is 0.497 e. The number of benzene rings is 3. The maximum atomic E-state index is 13.0. The first-order valence-corrected chi connectivity index (χ1v) is 9.56. The lowest BCUT2D eigenvalue weighted by Gasteiger charge is -2.23. The topological polar surface area (TPSA) is 53.6 Å². The van der Waals surface area contributed by atoms with E-state index in [1.165, 1.54) is 0 Å². The molecule has 1 aliphatic rings. The van der Waals surface area contributed by atoms with Crippen molar-refractivity contribution in [3.8, 4) is 5.75 Å². The van der Waals surface area contributed by atoms with Crippen LogP contribution in [-0.2, 0) is 0 Å². The van der Waals surface area contributed by atoms with Crippen molar-refractivity contribution in [3.63, 3.8) is 0 Å². The van der Waals surface area contributed by atoms with Crippen molar-refractivity contribution in [2.45, 2.75) is 6.04 Å². The van der Waals surface area contributed by atoms with E-state index in [2.05, 4.69) is 10.7 Å². The van der Waals surface area contributed by atoms with Crippen LogP contribution in [0.2, 0.25) is 5.02 Å². The van der Waals surface area contributed by atoms with Gasteiger partial charge in [0.1, 0.15) is 5.75 Å². The standard InChI is InChI=1S/C23H20ClN3O2/c1-29-20-13-11-19(12-14-20)25-23(28)27-22(17-5-3-2-4-6-17)15-21(26-27)16-7-9-18(24)10-8-16/h2-15,21,26H,1H3,(H,25,28).